The topological polar surface area (TPSA) is 44.5 Å². The highest BCUT2D eigenvalue weighted by Gasteiger charge is 2.02. The van der Waals surface area contributed by atoms with Crippen LogP contribution in [0.2, 0.25) is 0 Å². The Morgan fingerprint density at radius 3 is 2.42 bits per heavy atom. The van der Waals surface area contributed by atoms with Crippen LogP contribution < -0.4 is 5.73 Å². The van der Waals surface area contributed by atoms with E-state index in [-0.39, 0.29) is 12.1 Å². The maximum absolute atomic E-state index is 5.53. The Morgan fingerprint density at radius 2 is 1.92 bits per heavy atom. The highest BCUT2D eigenvalue weighted by Crippen LogP contribution is 1.93. The number of hydrogen-bond acceptors (Lipinski definition) is 3. The first-order chi connectivity index (χ1) is 5.66. The molecule has 0 amide bonds. The lowest BCUT2D eigenvalue weighted by Gasteiger charge is -2.14. The van der Waals surface area contributed by atoms with Gasteiger partial charge in [-0.15, -0.1) is 0 Å². The Morgan fingerprint density at radius 1 is 1.25 bits per heavy atom. The minimum Gasteiger partial charge on any atom is -0.379 e. The lowest BCUT2D eigenvalue weighted by Crippen LogP contribution is -2.27. The van der Waals surface area contributed by atoms with Gasteiger partial charge in [-0.05, 0) is 20.3 Å². The molecule has 0 aliphatic carbocycles. The average Bonchev–Trinajstić information content (AvgIpc) is 2.01. The molecule has 2 N–H and O–H groups in total. The van der Waals surface area contributed by atoms with E-state index in [1.807, 2.05) is 13.8 Å². The summed E-state index contributed by atoms with van der Waals surface area (Å²) in [4.78, 5) is 0. The summed E-state index contributed by atoms with van der Waals surface area (Å²) in [6.45, 7) is 8.11. The van der Waals surface area contributed by atoms with Crippen LogP contribution in [0, 0.1) is 0 Å². The smallest absolute Gasteiger partial charge is 0.0781 e. The zero-order chi connectivity index (χ0) is 9.40. The second-order valence-corrected chi connectivity index (χ2v) is 3.20. The average molecular weight is 175 g/mol. The van der Waals surface area contributed by atoms with Gasteiger partial charge in [0.05, 0.1) is 19.3 Å². The Kier molecular flexibility index (Phi) is 7.45. The van der Waals surface area contributed by atoms with Gasteiger partial charge in [0.15, 0.2) is 0 Å². The molecule has 0 aliphatic rings. The summed E-state index contributed by atoms with van der Waals surface area (Å²) in [5, 5.41) is 0. The summed E-state index contributed by atoms with van der Waals surface area (Å²) >= 11 is 0. The standard InChI is InChI=1S/C9H21NO2/c1-4-5-11-7-9(3)12-6-8(2)10/h8-9H,4-7,10H2,1-3H3. The van der Waals surface area contributed by atoms with E-state index in [4.69, 9.17) is 15.2 Å². The van der Waals surface area contributed by atoms with Crippen molar-refractivity contribution < 1.29 is 9.47 Å². The molecule has 0 bridgehead atoms. The Bertz CT molecular complexity index is 96.5. The Labute approximate surface area is 75.2 Å². The van der Waals surface area contributed by atoms with Crippen LogP contribution in [0.1, 0.15) is 27.2 Å². The van der Waals surface area contributed by atoms with Crippen molar-refractivity contribution in [1.82, 2.24) is 0 Å². The second-order valence-electron chi connectivity index (χ2n) is 3.20. The van der Waals surface area contributed by atoms with Gasteiger partial charge in [-0.3, -0.25) is 0 Å². The SMILES string of the molecule is CCCOCC(C)OCC(C)N. The van der Waals surface area contributed by atoms with Gasteiger partial charge in [-0.25, -0.2) is 0 Å². The fraction of sp³-hybridized carbons (Fsp3) is 1.00. The van der Waals surface area contributed by atoms with Crippen molar-refractivity contribution in [2.45, 2.75) is 39.3 Å². The molecule has 2 atom stereocenters. The van der Waals surface area contributed by atoms with Crippen molar-refractivity contribution >= 4 is 0 Å². The number of hydrogen-bond donors (Lipinski definition) is 1. The lowest BCUT2D eigenvalue weighted by atomic mass is 10.4. The normalized spacial score (nSPS) is 16.0. The minimum atomic E-state index is 0.110. The van der Waals surface area contributed by atoms with Crippen LogP contribution in [0.5, 0.6) is 0 Å². The van der Waals surface area contributed by atoms with Crippen LogP contribution in [-0.2, 0) is 9.47 Å². The fourth-order valence-corrected chi connectivity index (χ4v) is 0.758. The number of rotatable bonds is 7. The second kappa shape index (κ2) is 7.53. The molecule has 0 spiro atoms. The molecule has 0 saturated heterocycles. The van der Waals surface area contributed by atoms with Gasteiger partial charge in [0.25, 0.3) is 0 Å². The van der Waals surface area contributed by atoms with Crippen molar-refractivity contribution in [1.29, 1.82) is 0 Å². The first-order valence-corrected chi connectivity index (χ1v) is 4.61. The monoisotopic (exact) mass is 175 g/mol. The predicted octanol–water partition coefficient (Wildman–Crippen LogP) is 1.17. The van der Waals surface area contributed by atoms with E-state index in [2.05, 4.69) is 6.92 Å². The van der Waals surface area contributed by atoms with Crippen LogP contribution in [0.15, 0.2) is 0 Å². The van der Waals surface area contributed by atoms with Crippen LogP contribution >= 0.6 is 0 Å². The molecule has 3 heteroatoms. The van der Waals surface area contributed by atoms with Crippen molar-refractivity contribution in [2.75, 3.05) is 19.8 Å². The fourth-order valence-electron chi connectivity index (χ4n) is 0.758. The highest BCUT2D eigenvalue weighted by atomic mass is 16.5. The molecule has 3 nitrogen and oxygen atoms in total. The van der Waals surface area contributed by atoms with Crippen LogP contribution in [-0.4, -0.2) is 32.0 Å². The largest absolute Gasteiger partial charge is 0.379 e. The molecule has 2 unspecified atom stereocenters. The lowest BCUT2D eigenvalue weighted by molar-refractivity contribution is -0.00977. The summed E-state index contributed by atoms with van der Waals surface area (Å²) in [5.74, 6) is 0. The maximum Gasteiger partial charge on any atom is 0.0781 e. The van der Waals surface area contributed by atoms with E-state index in [1.54, 1.807) is 0 Å². The first-order valence-electron chi connectivity index (χ1n) is 4.61. The third-order valence-electron chi connectivity index (χ3n) is 1.34. The Hall–Kier alpha value is -0.120. The van der Waals surface area contributed by atoms with Gasteiger partial charge in [-0.2, -0.15) is 0 Å². The van der Waals surface area contributed by atoms with Gasteiger partial charge in [0, 0.05) is 12.6 Å². The molecular formula is C9H21NO2. The van der Waals surface area contributed by atoms with Gasteiger partial charge in [0.1, 0.15) is 0 Å². The molecule has 0 aromatic rings. The molecule has 0 radical (unpaired) electrons. The molecule has 0 aromatic carbocycles. The molecular weight excluding hydrogens is 154 g/mol. The molecule has 12 heavy (non-hydrogen) atoms. The van der Waals surface area contributed by atoms with Crippen molar-refractivity contribution in [3.63, 3.8) is 0 Å². The van der Waals surface area contributed by atoms with E-state index in [0.717, 1.165) is 13.0 Å². The number of nitrogens with two attached hydrogens (primary N) is 1. The van der Waals surface area contributed by atoms with Crippen molar-refractivity contribution in [3.8, 4) is 0 Å². The molecule has 0 aromatic heterocycles. The zero-order valence-electron chi connectivity index (χ0n) is 8.38. The third-order valence-corrected chi connectivity index (χ3v) is 1.34. The number of ether oxygens (including phenoxy) is 2. The molecule has 0 aliphatic heterocycles. The summed E-state index contributed by atoms with van der Waals surface area (Å²) < 4.78 is 10.7. The quantitative estimate of drug-likeness (QED) is 0.591. The molecule has 74 valence electrons. The predicted molar refractivity (Wildman–Crippen MR) is 50.2 cm³/mol. The van der Waals surface area contributed by atoms with E-state index in [9.17, 15) is 0 Å². The van der Waals surface area contributed by atoms with Gasteiger partial charge in [0.2, 0.25) is 0 Å². The van der Waals surface area contributed by atoms with E-state index in [1.165, 1.54) is 0 Å². The third kappa shape index (κ3) is 7.98. The molecule has 0 heterocycles. The summed E-state index contributed by atoms with van der Waals surface area (Å²) in [5.41, 5.74) is 5.53. The maximum atomic E-state index is 5.53. The molecule has 0 fully saturated rings. The highest BCUT2D eigenvalue weighted by molar-refractivity contribution is 4.53. The first kappa shape index (κ1) is 11.9. The van der Waals surface area contributed by atoms with Gasteiger partial charge in [-0.1, -0.05) is 6.92 Å². The van der Waals surface area contributed by atoms with E-state index in [0.29, 0.717) is 13.2 Å². The van der Waals surface area contributed by atoms with E-state index >= 15 is 0 Å². The summed E-state index contributed by atoms with van der Waals surface area (Å²) in [6.07, 6.45) is 1.21. The van der Waals surface area contributed by atoms with Gasteiger partial charge < -0.3 is 15.2 Å². The van der Waals surface area contributed by atoms with Gasteiger partial charge >= 0.3 is 0 Å². The molecule has 0 saturated carbocycles. The Balaban J connectivity index is 3.15. The van der Waals surface area contributed by atoms with Crippen LogP contribution in [0.3, 0.4) is 0 Å². The van der Waals surface area contributed by atoms with Crippen LogP contribution in [0.25, 0.3) is 0 Å². The molecule has 0 rings (SSSR count). The zero-order valence-corrected chi connectivity index (χ0v) is 8.38. The summed E-state index contributed by atoms with van der Waals surface area (Å²) in [6, 6.07) is 0.110. The van der Waals surface area contributed by atoms with E-state index < -0.39 is 0 Å². The van der Waals surface area contributed by atoms with Crippen molar-refractivity contribution in [3.05, 3.63) is 0 Å². The minimum absolute atomic E-state index is 0.110. The summed E-state index contributed by atoms with van der Waals surface area (Å²) in [7, 11) is 0. The van der Waals surface area contributed by atoms with Crippen molar-refractivity contribution in [2.24, 2.45) is 5.73 Å². The van der Waals surface area contributed by atoms with Crippen LogP contribution in [0.4, 0.5) is 0 Å².